The number of amides is 1. The van der Waals surface area contributed by atoms with E-state index in [2.05, 4.69) is 4.90 Å². The summed E-state index contributed by atoms with van der Waals surface area (Å²) in [7, 11) is 1.59. The van der Waals surface area contributed by atoms with Crippen LogP contribution in [0, 0.1) is 0 Å². The predicted octanol–water partition coefficient (Wildman–Crippen LogP) is 4.31. The van der Waals surface area contributed by atoms with E-state index in [1.54, 1.807) is 13.2 Å². The topological polar surface area (TPSA) is 70.1 Å². The third kappa shape index (κ3) is 3.72. The lowest BCUT2D eigenvalue weighted by Gasteiger charge is -2.27. The van der Waals surface area contributed by atoms with Crippen LogP contribution >= 0.6 is 11.6 Å². The van der Waals surface area contributed by atoms with Crippen LogP contribution in [-0.2, 0) is 4.79 Å². The number of aliphatic carboxylic acids is 1. The van der Waals surface area contributed by atoms with Crippen molar-refractivity contribution in [3.63, 3.8) is 0 Å². The number of carboxylic acids is 1. The number of benzene rings is 2. The molecule has 7 heteroatoms. The van der Waals surface area contributed by atoms with Crippen molar-refractivity contribution in [2.75, 3.05) is 31.6 Å². The summed E-state index contributed by atoms with van der Waals surface area (Å²) in [5.41, 5.74) is 3.00. The molecule has 1 unspecified atom stereocenters. The highest BCUT2D eigenvalue weighted by Crippen LogP contribution is 2.44. The number of methoxy groups -OCH3 is 1. The number of nitrogens with zero attached hydrogens (tertiary/aromatic N) is 2. The van der Waals surface area contributed by atoms with Crippen molar-refractivity contribution in [1.82, 2.24) is 4.90 Å². The molecule has 0 aromatic heterocycles. The number of anilines is 1. The van der Waals surface area contributed by atoms with Gasteiger partial charge in [0.05, 0.1) is 12.8 Å². The molecule has 1 atom stereocenters. The summed E-state index contributed by atoms with van der Waals surface area (Å²) >= 11 is 6.52. The number of hydrogen-bond acceptors (Lipinski definition) is 4. The highest BCUT2D eigenvalue weighted by atomic mass is 35.5. The van der Waals surface area contributed by atoms with Crippen LogP contribution in [0.5, 0.6) is 5.75 Å². The van der Waals surface area contributed by atoms with Gasteiger partial charge in [-0.05, 0) is 43.9 Å². The van der Waals surface area contributed by atoms with E-state index in [1.165, 1.54) is 4.90 Å². The normalized spacial score (nSPS) is 18.7. The number of likely N-dealkylation sites (tertiary alicyclic amines) is 1. The Hall–Kier alpha value is -2.73. The average Bonchev–Trinajstić information content (AvgIpc) is 3.44. The first-order valence-electron chi connectivity index (χ1n) is 10.3. The minimum absolute atomic E-state index is 0.292. The zero-order chi connectivity index (χ0) is 21.3. The molecule has 0 bridgehead atoms. The van der Waals surface area contributed by atoms with E-state index in [1.807, 2.05) is 30.3 Å². The Labute approximate surface area is 181 Å². The molecule has 1 amide bonds. The Morgan fingerprint density at radius 2 is 1.80 bits per heavy atom. The van der Waals surface area contributed by atoms with Crippen molar-refractivity contribution in [3.05, 3.63) is 47.0 Å². The largest absolute Gasteiger partial charge is 0.495 e. The number of carbonyl (C=O) groups is 2. The van der Waals surface area contributed by atoms with Gasteiger partial charge in [-0.3, -0.25) is 4.79 Å². The molecule has 0 aliphatic carbocycles. The van der Waals surface area contributed by atoms with Gasteiger partial charge in [0.25, 0.3) is 5.91 Å². The molecular weight excluding hydrogens is 404 g/mol. The van der Waals surface area contributed by atoms with Gasteiger partial charge in [0.1, 0.15) is 11.8 Å². The molecule has 1 N–H and O–H groups in total. The summed E-state index contributed by atoms with van der Waals surface area (Å²) in [6, 6.07) is 10.3. The van der Waals surface area contributed by atoms with E-state index < -0.39 is 12.0 Å². The molecule has 2 aromatic carbocycles. The summed E-state index contributed by atoms with van der Waals surface area (Å²) in [5.74, 6) is -0.656. The van der Waals surface area contributed by atoms with E-state index in [0.29, 0.717) is 35.7 Å². The zero-order valence-electron chi connectivity index (χ0n) is 16.9. The monoisotopic (exact) mass is 428 g/mol. The van der Waals surface area contributed by atoms with E-state index in [0.717, 1.165) is 42.7 Å². The van der Waals surface area contributed by atoms with Gasteiger partial charge in [0, 0.05) is 41.3 Å². The van der Waals surface area contributed by atoms with Crippen LogP contribution in [0.4, 0.5) is 5.69 Å². The van der Waals surface area contributed by atoms with Crippen LogP contribution in [0.25, 0.3) is 11.1 Å². The van der Waals surface area contributed by atoms with Crippen LogP contribution in [0.2, 0.25) is 5.02 Å². The fraction of sp³-hybridized carbons (Fsp3) is 0.391. The second-order valence-corrected chi connectivity index (χ2v) is 8.15. The first-order chi connectivity index (χ1) is 14.5. The maximum Gasteiger partial charge on any atom is 0.326 e. The van der Waals surface area contributed by atoms with Gasteiger partial charge in [-0.15, -0.1) is 0 Å². The Balaban J connectivity index is 1.85. The van der Waals surface area contributed by atoms with E-state index in [9.17, 15) is 14.7 Å². The van der Waals surface area contributed by atoms with E-state index in [4.69, 9.17) is 16.3 Å². The van der Waals surface area contributed by atoms with Crippen molar-refractivity contribution < 1.29 is 19.4 Å². The summed E-state index contributed by atoms with van der Waals surface area (Å²) in [6.07, 6.45) is 3.35. The molecule has 2 aliphatic rings. The lowest BCUT2D eigenvalue weighted by atomic mass is 9.98. The number of ether oxygens (including phenoxy) is 1. The third-order valence-electron chi connectivity index (χ3n) is 5.93. The quantitative estimate of drug-likeness (QED) is 0.768. The summed E-state index contributed by atoms with van der Waals surface area (Å²) in [6.45, 7) is 2.26. The molecule has 4 rings (SSSR count). The van der Waals surface area contributed by atoms with Crippen molar-refractivity contribution in [2.24, 2.45) is 0 Å². The Bertz CT molecular complexity index is 972. The first kappa shape index (κ1) is 20.5. The van der Waals surface area contributed by atoms with Gasteiger partial charge in [-0.2, -0.15) is 0 Å². The van der Waals surface area contributed by atoms with Crippen molar-refractivity contribution in [1.29, 1.82) is 0 Å². The van der Waals surface area contributed by atoms with Gasteiger partial charge in [-0.25, -0.2) is 4.79 Å². The second-order valence-electron chi connectivity index (χ2n) is 7.74. The van der Waals surface area contributed by atoms with Crippen LogP contribution in [0.3, 0.4) is 0 Å². The van der Waals surface area contributed by atoms with Gasteiger partial charge in [0.2, 0.25) is 0 Å². The molecule has 30 heavy (non-hydrogen) atoms. The van der Waals surface area contributed by atoms with Crippen LogP contribution < -0.4 is 9.64 Å². The minimum Gasteiger partial charge on any atom is -0.495 e. The first-order valence-corrected chi connectivity index (χ1v) is 10.6. The molecule has 0 radical (unpaired) electrons. The Kier molecular flexibility index (Phi) is 5.86. The molecule has 0 spiro atoms. The number of rotatable bonds is 5. The van der Waals surface area contributed by atoms with Crippen molar-refractivity contribution in [2.45, 2.75) is 31.7 Å². The van der Waals surface area contributed by atoms with Crippen LogP contribution in [-0.4, -0.2) is 54.7 Å². The number of carbonyl (C=O) groups excluding carboxylic acids is 1. The molecule has 2 aromatic rings. The molecule has 2 aliphatic heterocycles. The average molecular weight is 429 g/mol. The zero-order valence-corrected chi connectivity index (χ0v) is 17.7. The van der Waals surface area contributed by atoms with E-state index >= 15 is 0 Å². The maximum absolute atomic E-state index is 13.3. The lowest BCUT2D eigenvalue weighted by Crippen LogP contribution is -2.40. The number of halogens is 1. The second kappa shape index (κ2) is 8.56. The highest BCUT2D eigenvalue weighted by Gasteiger charge is 2.35. The lowest BCUT2D eigenvalue weighted by molar-refractivity contribution is -0.141. The molecule has 6 nitrogen and oxygen atoms in total. The summed E-state index contributed by atoms with van der Waals surface area (Å²) in [5, 5.41) is 10.1. The minimum atomic E-state index is -0.965. The van der Waals surface area contributed by atoms with Crippen LogP contribution in [0.1, 0.15) is 36.0 Å². The standard InChI is InChI=1S/C23H25ClN2O4/c1-30-20-14-15(22(27)26-12-6-9-19(26)23(28)29)13-17(16-7-2-3-8-18(16)24)21(20)25-10-4-5-11-25/h2-3,7-8,13-14,19H,4-6,9-12H2,1H3,(H,28,29). The van der Waals surface area contributed by atoms with E-state index in [-0.39, 0.29) is 5.91 Å². The number of hydrogen-bond donors (Lipinski definition) is 1. The van der Waals surface area contributed by atoms with Crippen molar-refractivity contribution >= 4 is 29.2 Å². The molecule has 2 saturated heterocycles. The predicted molar refractivity (Wildman–Crippen MR) is 117 cm³/mol. The molecule has 0 saturated carbocycles. The molecular formula is C23H25ClN2O4. The van der Waals surface area contributed by atoms with Gasteiger partial charge >= 0.3 is 5.97 Å². The Morgan fingerprint density at radius 3 is 2.47 bits per heavy atom. The maximum atomic E-state index is 13.3. The highest BCUT2D eigenvalue weighted by molar-refractivity contribution is 6.33. The van der Waals surface area contributed by atoms with Crippen LogP contribution in [0.15, 0.2) is 36.4 Å². The van der Waals surface area contributed by atoms with Gasteiger partial charge in [0.15, 0.2) is 0 Å². The Morgan fingerprint density at radius 1 is 1.07 bits per heavy atom. The van der Waals surface area contributed by atoms with Crippen molar-refractivity contribution in [3.8, 4) is 16.9 Å². The molecule has 2 fully saturated rings. The molecule has 158 valence electrons. The van der Waals surface area contributed by atoms with Gasteiger partial charge in [-0.1, -0.05) is 29.8 Å². The fourth-order valence-corrected chi connectivity index (χ4v) is 4.71. The SMILES string of the molecule is COc1cc(C(=O)N2CCCC2C(=O)O)cc(-c2ccccc2Cl)c1N1CCCC1. The fourth-order valence-electron chi connectivity index (χ4n) is 4.47. The summed E-state index contributed by atoms with van der Waals surface area (Å²) in [4.78, 5) is 28.6. The van der Waals surface area contributed by atoms with Gasteiger partial charge < -0.3 is 19.6 Å². The summed E-state index contributed by atoms with van der Waals surface area (Å²) < 4.78 is 5.72. The third-order valence-corrected chi connectivity index (χ3v) is 6.26. The molecule has 2 heterocycles. The smallest absolute Gasteiger partial charge is 0.326 e. The number of carboxylic acid groups (broad SMARTS) is 1.